The molecule has 3 heterocycles. The van der Waals surface area contributed by atoms with Gasteiger partial charge >= 0.3 is 0 Å². The van der Waals surface area contributed by atoms with Crippen molar-refractivity contribution in [3.05, 3.63) is 62.5 Å². The fraction of sp³-hybridized carbons (Fsp3) is 0.316. The minimum absolute atomic E-state index is 0.125. The van der Waals surface area contributed by atoms with Crippen molar-refractivity contribution in [3.8, 4) is 5.75 Å². The molecule has 1 aromatic heterocycles. The van der Waals surface area contributed by atoms with Crippen molar-refractivity contribution < 1.29 is 9.84 Å². The molecule has 2 aliphatic heterocycles. The molecule has 5 rings (SSSR count). The van der Waals surface area contributed by atoms with Gasteiger partial charge in [0.2, 0.25) is 5.72 Å². The summed E-state index contributed by atoms with van der Waals surface area (Å²) in [6.45, 7) is 0. The lowest BCUT2D eigenvalue weighted by molar-refractivity contribution is -0.0944. The maximum Gasteiger partial charge on any atom is 0.220 e. The fourth-order valence-corrected chi connectivity index (χ4v) is 5.09. The van der Waals surface area contributed by atoms with Gasteiger partial charge in [-0.1, -0.05) is 22.0 Å². The SMILES string of the molecule is OC1=C[C@]2(CCC1)Oc1ccc(Br)cc1[C@@H]1CC(c3cccs3)=NN12. The molecule has 2 atom stereocenters. The lowest BCUT2D eigenvalue weighted by atomic mass is 9.90. The molecule has 2 aromatic rings. The maximum atomic E-state index is 10.2. The Bertz CT molecular complexity index is 893. The molecule has 1 N–H and O–H groups in total. The molecule has 0 bridgehead atoms. The Hall–Kier alpha value is -1.79. The zero-order valence-corrected chi connectivity index (χ0v) is 15.9. The second kappa shape index (κ2) is 5.61. The molecule has 0 unspecified atom stereocenters. The van der Waals surface area contributed by atoms with Gasteiger partial charge in [-0.2, -0.15) is 5.10 Å². The lowest BCUT2D eigenvalue weighted by Crippen LogP contribution is -2.53. The second-order valence-corrected chi connectivity index (χ2v) is 8.57. The number of ether oxygens (including phenoxy) is 1. The van der Waals surface area contributed by atoms with Crippen LogP contribution in [0, 0.1) is 0 Å². The van der Waals surface area contributed by atoms with E-state index in [0.717, 1.165) is 40.8 Å². The molecule has 1 aliphatic carbocycles. The Labute approximate surface area is 158 Å². The smallest absolute Gasteiger partial charge is 0.220 e. The van der Waals surface area contributed by atoms with Crippen LogP contribution in [-0.4, -0.2) is 21.6 Å². The highest BCUT2D eigenvalue weighted by Gasteiger charge is 2.50. The van der Waals surface area contributed by atoms with Gasteiger partial charge in [-0.05, 0) is 36.1 Å². The van der Waals surface area contributed by atoms with E-state index in [1.807, 2.05) is 18.2 Å². The number of hydrogen-bond donors (Lipinski definition) is 1. The predicted molar refractivity (Wildman–Crippen MR) is 102 cm³/mol. The monoisotopic (exact) mass is 416 g/mol. The molecule has 128 valence electrons. The van der Waals surface area contributed by atoms with Crippen LogP contribution in [0.4, 0.5) is 0 Å². The number of hydrazone groups is 1. The summed E-state index contributed by atoms with van der Waals surface area (Å²) in [5, 5.41) is 19.3. The lowest BCUT2D eigenvalue weighted by Gasteiger charge is -2.47. The number of nitrogens with zero attached hydrogens (tertiary/aromatic N) is 2. The molecular formula is C19H17BrN2O2S. The maximum absolute atomic E-state index is 10.2. The molecule has 4 nitrogen and oxygen atoms in total. The number of halogens is 1. The van der Waals surface area contributed by atoms with Crippen LogP contribution >= 0.6 is 27.3 Å². The summed E-state index contributed by atoms with van der Waals surface area (Å²) in [5.41, 5.74) is 1.55. The van der Waals surface area contributed by atoms with Gasteiger partial charge in [0, 0.05) is 35.4 Å². The van der Waals surface area contributed by atoms with Crippen LogP contribution in [0.25, 0.3) is 0 Å². The van der Waals surface area contributed by atoms with Gasteiger partial charge in [0.05, 0.1) is 22.4 Å². The Kier molecular flexibility index (Phi) is 3.47. The van der Waals surface area contributed by atoms with Crippen LogP contribution < -0.4 is 4.74 Å². The normalized spacial score (nSPS) is 27.4. The van der Waals surface area contributed by atoms with E-state index >= 15 is 0 Å². The summed E-state index contributed by atoms with van der Waals surface area (Å²) in [4.78, 5) is 1.20. The number of rotatable bonds is 1. The molecule has 0 saturated carbocycles. The first-order chi connectivity index (χ1) is 12.1. The van der Waals surface area contributed by atoms with Crippen molar-refractivity contribution in [2.75, 3.05) is 0 Å². The third kappa shape index (κ3) is 2.42. The largest absolute Gasteiger partial charge is 0.512 e. The Morgan fingerprint density at radius 2 is 2.28 bits per heavy atom. The van der Waals surface area contributed by atoms with Crippen LogP contribution in [0.2, 0.25) is 0 Å². The average molecular weight is 417 g/mol. The summed E-state index contributed by atoms with van der Waals surface area (Å²) in [5.74, 6) is 1.28. The summed E-state index contributed by atoms with van der Waals surface area (Å²) in [6.07, 6.45) is 5.13. The van der Waals surface area contributed by atoms with Gasteiger partial charge in [-0.3, -0.25) is 0 Å². The van der Waals surface area contributed by atoms with Crippen molar-refractivity contribution in [2.45, 2.75) is 37.5 Å². The van der Waals surface area contributed by atoms with E-state index in [2.05, 4.69) is 44.5 Å². The number of allylic oxidation sites excluding steroid dienone is 1. The number of fused-ring (bicyclic) bond motifs is 4. The van der Waals surface area contributed by atoms with Crippen molar-refractivity contribution in [1.29, 1.82) is 0 Å². The fourth-order valence-electron chi connectivity index (χ4n) is 3.99. The van der Waals surface area contributed by atoms with Gasteiger partial charge in [0.1, 0.15) is 5.75 Å². The summed E-state index contributed by atoms with van der Waals surface area (Å²) < 4.78 is 7.47. The second-order valence-electron chi connectivity index (χ2n) is 6.71. The van der Waals surface area contributed by atoms with Crippen molar-refractivity contribution in [2.24, 2.45) is 5.10 Å². The number of aliphatic hydroxyl groups is 1. The van der Waals surface area contributed by atoms with E-state index in [-0.39, 0.29) is 6.04 Å². The molecule has 25 heavy (non-hydrogen) atoms. The summed E-state index contributed by atoms with van der Waals surface area (Å²) >= 11 is 5.29. The molecule has 1 spiro atoms. The van der Waals surface area contributed by atoms with Gasteiger partial charge in [0.15, 0.2) is 0 Å². The zero-order valence-electron chi connectivity index (χ0n) is 13.5. The highest BCUT2D eigenvalue weighted by molar-refractivity contribution is 9.10. The first-order valence-corrected chi connectivity index (χ1v) is 10.1. The first-order valence-electron chi connectivity index (χ1n) is 8.44. The van der Waals surface area contributed by atoms with Crippen LogP contribution in [0.3, 0.4) is 0 Å². The quantitative estimate of drug-likeness (QED) is 0.678. The first kappa shape index (κ1) is 15.5. The van der Waals surface area contributed by atoms with Crippen molar-refractivity contribution >= 4 is 33.0 Å². The van der Waals surface area contributed by atoms with Crippen LogP contribution in [0.15, 0.2) is 57.1 Å². The van der Waals surface area contributed by atoms with E-state index in [4.69, 9.17) is 9.84 Å². The van der Waals surface area contributed by atoms with Gasteiger partial charge in [-0.15, -0.1) is 11.3 Å². The molecular weight excluding hydrogens is 400 g/mol. The van der Waals surface area contributed by atoms with Crippen LogP contribution in [0.5, 0.6) is 5.75 Å². The molecule has 0 fully saturated rings. The van der Waals surface area contributed by atoms with Crippen LogP contribution in [0.1, 0.15) is 42.2 Å². The summed E-state index contributed by atoms with van der Waals surface area (Å²) in [7, 11) is 0. The summed E-state index contributed by atoms with van der Waals surface area (Å²) in [6, 6.07) is 10.4. The minimum atomic E-state index is -0.688. The Balaban J connectivity index is 1.66. The predicted octanol–water partition coefficient (Wildman–Crippen LogP) is 5.38. The molecule has 0 radical (unpaired) electrons. The highest BCUT2D eigenvalue weighted by atomic mass is 79.9. The third-order valence-electron chi connectivity index (χ3n) is 5.08. The molecule has 1 aromatic carbocycles. The number of aliphatic hydroxyl groups excluding tert-OH is 1. The topological polar surface area (TPSA) is 45.1 Å². The van der Waals surface area contributed by atoms with E-state index in [1.165, 1.54) is 4.88 Å². The van der Waals surface area contributed by atoms with Crippen molar-refractivity contribution in [1.82, 2.24) is 5.01 Å². The number of thiophene rings is 1. The highest BCUT2D eigenvalue weighted by Crippen LogP contribution is 2.50. The van der Waals surface area contributed by atoms with E-state index in [1.54, 1.807) is 11.3 Å². The molecule has 0 amide bonds. The number of benzene rings is 1. The van der Waals surface area contributed by atoms with Gasteiger partial charge < -0.3 is 9.84 Å². The number of hydrogen-bond acceptors (Lipinski definition) is 5. The standard InChI is InChI=1S/C19H17BrN2O2S/c20-12-5-6-17-14(9-12)16-10-15(18-4-2-8-25-18)21-22(16)19(24-17)7-1-3-13(23)11-19/h2,4-6,8-9,11,16,23H,1,3,7,10H2/t16-,19-/m0/s1. The Morgan fingerprint density at radius 3 is 3.08 bits per heavy atom. The van der Waals surface area contributed by atoms with Gasteiger partial charge in [0.25, 0.3) is 0 Å². The Morgan fingerprint density at radius 1 is 1.36 bits per heavy atom. The minimum Gasteiger partial charge on any atom is -0.512 e. The molecule has 0 saturated heterocycles. The van der Waals surface area contributed by atoms with Crippen molar-refractivity contribution in [3.63, 3.8) is 0 Å². The van der Waals surface area contributed by atoms with E-state index in [9.17, 15) is 5.11 Å². The molecule has 6 heteroatoms. The third-order valence-corrected chi connectivity index (χ3v) is 6.49. The van der Waals surface area contributed by atoms with E-state index < -0.39 is 5.72 Å². The van der Waals surface area contributed by atoms with Crippen LogP contribution in [-0.2, 0) is 0 Å². The van der Waals surface area contributed by atoms with E-state index in [0.29, 0.717) is 12.2 Å². The average Bonchev–Trinajstić information content (AvgIpc) is 3.25. The zero-order chi connectivity index (χ0) is 17.0. The van der Waals surface area contributed by atoms with Gasteiger partial charge in [-0.25, -0.2) is 5.01 Å². The molecule has 3 aliphatic rings.